The van der Waals surface area contributed by atoms with Gasteiger partial charge in [0.1, 0.15) is 0 Å². The first-order chi connectivity index (χ1) is 12.3. The first-order valence-corrected chi connectivity index (χ1v) is 11.2. The fraction of sp³-hybridized carbons (Fsp3) is 0.583. The molecule has 0 bridgehead atoms. The number of hydrogen-bond acceptors (Lipinski definition) is 1. The summed E-state index contributed by atoms with van der Waals surface area (Å²) in [6.45, 7) is 8.58. The van der Waals surface area contributed by atoms with Crippen molar-refractivity contribution >= 4 is 11.8 Å². The molecule has 0 saturated heterocycles. The maximum absolute atomic E-state index is 4.01. The molecule has 0 aliphatic carbocycles. The summed E-state index contributed by atoms with van der Waals surface area (Å²) in [5, 5.41) is 0. The zero-order valence-electron chi connectivity index (χ0n) is 16.6. The summed E-state index contributed by atoms with van der Waals surface area (Å²) >= 11 is 1.99. The Morgan fingerprint density at radius 1 is 0.840 bits per heavy atom. The van der Waals surface area contributed by atoms with Gasteiger partial charge in [-0.3, -0.25) is 0 Å². The Morgan fingerprint density at radius 3 is 2.12 bits per heavy atom. The highest BCUT2D eigenvalue weighted by Crippen LogP contribution is 2.35. The van der Waals surface area contributed by atoms with E-state index in [1.807, 2.05) is 11.8 Å². The van der Waals surface area contributed by atoms with Crippen LogP contribution in [0.4, 0.5) is 0 Å². The number of thioether (sulfide) groups is 1. The Hall–Kier alpha value is -0.950. The predicted octanol–water partition coefficient (Wildman–Crippen LogP) is 8.94. The molecule has 0 fully saturated rings. The first-order valence-electron chi connectivity index (χ1n) is 10.4. The van der Waals surface area contributed by atoms with Crippen molar-refractivity contribution in [2.24, 2.45) is 0 Å². The zero-order chi connectivity index (χ0) is 18.2. The van der Waals surface area contributed by atoms with Crippen LogP contribution in [0, 0.1) is 0 Å². The molecule has 0 radical (unpaired) electrons. The first kappa shape index (κ1) is 22.1. The van der Waals surface area contributed by atoms with E-state index in [4.69, 9.17) is 0 Å². The molecular formula is C24H38S. The Labute approximate surface area is 161 Å². The van der Waals surface area contributed by atoms with E-state index >= 15 is 0 Å². The lowest BCUT2D eigenvalue weighted by atomic mass is 10.0. The topological polar surface area (TPSA) is 0 Å². The van der Waals surface area contributed by atoms with E-state index in [1.54, 1.807) is 10.5 Å². The van der Waals surface area contributed by atoms with Crippen LogP contribution in [0.2, 0.25) is 0 Å². The quantitative estimate of drug-likeness (QED) is 0.171. The van der Waals surface area contributed by atoms with Crippen molar-refractivity contribution in [1.82, 2.24) is 0 Å². The van der Waals surface area contributed by atoms with Crippen LogP contribution in [0.1, 0.15) is 90.9 Å². The van der Waals surface area contributed by atoms with Gasteiger partial charge >= 0.3 is 0 Å². The van der Waals surface area contributed by atoms with Gasteiger partial charge in [0.05, 0.1) is 0 Å². The van der Waals surface area contributed by atoms with Crippen LogP contribution in [0.3, 0.4) is 0 Å². The molecule has 1 heteroatoms. The van der Waals surface area contributed by atoms with Crippen LogP contribution in [0.15, 0.2) is 58.4 Å². The van der Waals surface area contributed by atoms with Gasteiger partial charge in [-0.1, -0.05) is 100 Å². The number of benzene rings is 1. The van der Waals surface area contributed by atoms with Crippen molar-refractivity contribution in [2.75, 3.05) is 0 Å². The number of rotatable bonds is 15. The number of unbranched alkanes of at least 4 members (excludes halogenated alkanes) is 7. The summed E-state index contributed by atoms with van der Waals surface area (Å²) in [6.07, 6.45) is 17.8. The second kappa shape index (κ2) is 15.3. The van der Waals surface area contributed by atoms with Gasteiger partial charge in [-0.15, -0.1) is 6.58 Å². The normalized spacial score (nSPS) is 12.1. The fourth-order valence-electron chi connectivity index (χ4n) is 3.11. The molecule has 0 amide bonds. The summed E-state index contributed by atoms with van der Waals surface area (Å²) in [7, 11) is 0. The van der Waals surface area contributed by atoms with E-state index in [0.29, 0.717) is 0 Å². The maximum Gasteiger partial charge on any atom is 0.0119 e. The molecule has 1 aromatic carbocycles. The SMILES string of the molecule is C=CC/C(CCCCCCCC)=C(\CCCCC)Sc1ccccc1. The minimum absolute atomic E-state index is 1.05. The van der Waals surface area contributed by atoms with Crippen molar-refractivity contribution in [1.29, 1.82) is 0 Å². The second-order valence-electron chi connectivity index (χ2n) is 6.91. The molecule has 0 aliphatic heterocycles. The van der Waals surface area contributed by atoms with Crippen molar-refractivity contribution in [3.05, 3.63) is 53.5 Å². The molecule has 0 N–H and O–H groups in total. The molecule has 140 valence electrons. The summed E-state index contributed by atoms with van der Waals surface area (Å²) in [5.74, 6) is 0. The summed E-state index contributed by atoms with van der Waals surface area (Å²) in [6, 6.07) is 10.9. The lowest BCUT2D eigenvalue weighted by molar-refractivity contribution is 0.603. The Morgan fingerprint density at radius 2 is 1.44 bits per heavy atom. The highest BCUT2D eigenvalue weighted by Gasteiger charge is 2.08. The molecule has 0 heterocycles. The highest BCUT2D eigenvalue weighted by atomic mass is 32.2. The van der Waals surface area contributed by atoms with Gasteiger partial charge in [0.25, 0.3) is 0 Å². The van der Waals surface area contributed by atoms with Gasteiger partial charge in [0, 0.05) is 4.90 Å². The minimum atomic E-state index is 1.05. The molecule has 1 rings (SSSR count). The summed E-state index contributed by atoms with van der Waals surface area (Å²) in [4.78, 5) is 2.98. The molecule has 0 saturated carbocycles. The van der Waals surface area contributed by atoms with Crippen LogP contribution in [0.25, 0.3) is 0 Å². The Kier molecular flexibility index (Phi) is 13.5. The van der Waals surface area contributed by atoms with Crippen molar-refractivity contribution in [3.63, 3.8) is 0 Å². The predicted molar refractivity (Wildman–Crippen MR) is 116 cm³/mol. The van der Waals surface area contributed by atoms with E-state index in [9.17, 15) is 0 Å². The highest BCUT2D eigenvalue weighted by molar-refractivity contribution is 8.03. The fourth-order valence-corrected chi connectivity index (χ4v) is 4.27. The lowest BCUT2D eigenvalue weighted by Crippen LogP contribution is -1.92. The van der Waals surface area contributed by atoms with Gasteiger partial charge in [0.2, 0.25) is 0 Å². The molecule has 0 spiro atoms. The monoisotopic (exact) mass is 358 g/mol. The molecule has 0 aliphatic rings. The molecule has 0 nitrogen and oxygen atoms in total. The summed E-state index contributed by atoms with van der Waals surface area (Å²) in [5.41, 5.74) is 1.63. The van der Waals surface area contributed by atoms with Gasteiger partial charge < -0.3 is 0 Å². The van der Waals surface area contributed by atoms with Gasteiger partial charge in [0.15, 0.2) is 0 Å². The van der Waals surface area contributed by atoms with Crippen LogP contribution >= 0.6 is 11.8 Å². The van der Waals surface area contributed by atoms with Gasteiger partial charge in [-0.2, -0.15) is 0 Å². The van der Waals surface area contributed by atoms with Gasteiger partial charge in [-0.05, 0) is 49.1 Å². The van der Waals surface area contributed by atoms with Gasteiger partial charge in [-0.25, -0.2) is 0 Å². The van der Waals surface area contributed by atoms with Crippen LogP contribution in [-0.2, 0) is 0 Å². The second-order valence-corrected chi connectivity index (χ2v) is 8.08. The van der Waals surface area contributed by atoms with Crippen LogP contribution in [0.5, 0.6) is 0 Å². The maximum atomic E-state index is 4.01. The molecule has 0 unspecified atom stereocenters. The van der Waals surface area contributed by atoms with Crippen molar-refractivity contribution in [3.8, 4) is 0 Å². The number of hydrogen-bond donors (Lipinski definition) is 0. The lowest BCUT2D eigenvalue weighted by Gasteiger charge is -2.15. The molecule has 0 atom stereocenters. The van der Waals surface area contributed by atoms with Crippen molar-refractivity contribution in [2.45, 2.75) is 95.8 Å². The Bertz CT molecular complexity index is 472. The minimum Gasteiger partial charge on any atom is -0.103 e. The third-order valence-corrected chi connectivity index (χ3v) is 5.86. The Balaban J connectivity index is 2.70. The average molecular weight is 359 g/mol. The van der Waals surface area contributed by atoms with E-state index < -0.39 is 0 Å². The van der Waals surface area contributed by atoms with E-state index in [2.05, 4.69) is 56.8 Å². The van der Waals surface area contributed by atoms with Crippen molar-refractivity contribution < 1.29 is 0 Å². The zero-order valence-corrected chi connectivity index (χ0v) is 17.4. The third kappa shape index (κ3) is 10.6. The summed E-state index contributed by atoms with van der Waals surface area (Å²) < 4.78 is 0. The standard InChI is InChI=1S/C24H38S/c1-4-7-9-10-11-14-18-22(17-6-3)24(21-13-8-5-2)25-23-19-15-12-16-20-23/h6,12,15-16,19-20H,3-5,7-11,13-14,17-18,21H2,1-2H3/b24-22-. The molecular weight excluding hydrogens is 320 g/mol. The van der Waals surface area contributed by atoms with Crippen LogP contribution < -0.4 is 0 Å². The molecule has 0 aromatic heterocycles. The van der Waals surface area contributed by atoms with Crippen LogP contribution in [-0.4, -0.2) is 0 Å². The largest absolute Gasteiger partial charge is 0.103 e. The smallest absolute Gasteiger partial charge is 0.0119 e. The molecule has 25 heavy (non-hydrogen) atoms. The number of allylic oxidation sites excluding steroid dienone is 3. The average Bonchev–Trinajstić information content (AvgIpc) is 2.64. The third-order valence-electron chi connectivity index (χ3n) is 4.61. The van der Waals surface area contributed by atoms with E-state index in [0.717, 1.165) is 6.42 Å². The van der Waals surface area contributed by atoms with E-state index in [-0.39, 0.29) is 0 Å². The van der Waals surface area contributed by atoms with E-state index in [1.165, 1.54) is 75.5 Å². The molecule has 1 aromatic rings.